The zero-order valence-electron chi connectivity index (χ0n) is 15.8. The average molecular weight is 342 g/mol. The summed E-state index contributed by atoms with van der Waals surface area (Å²) in [5.74, 6) is 1.90. The van der Waals surface area contributed by atoms with E-state index in [2.05, 4.69) is 17.4 Å². The number of nitrogens with one attached hydrogen (secondary N) is 1. The quantitative estimate of drug-likeness (QED) is 0.626. The molecule has 2 saturated carbocycles. The van der Waals surface area contributed by atoms with Gasteiger partial charge in [-0.25, -0.2) is 0 Å². The summed E-state index contributed by atoms with van der Waals surface area (Å²) < 4.78 is 0. The first-order chi connectivity index (χ1) is 12.3. The Kier molecular flexibility index (Phi) is 7.38. The molecule has 2 fully saturated rings. The molecule has 0 bridgehead atoms. The number of aryl methyl sites for hydroxylation is 1. The first kappa shape index (κ1) is 18.5. The van der Waals surface area contributed by atoms with Gasteiger partial charge in [-0.15, -0.1) is 0 Å². The molecule has 0 unspecified atom stereocenters. The lowest BCUT2D eigenvalue weighted by Crippen LogP contribution is -2.25. The summed E-state index contributed by atoms with van der Waals surface area (Å²) in [5, 5.41) is 3.09. The van der Waals surface area contributed by atoms with Crippen LogP contribution in [0.3, 0.4) is 0 Å². The van der Waals surface area contributed by atoms with Gasteiger partial charge in [0.1, 0.15) is 0 Å². The number of amides is 1. The number of benzene rings is 1. The Morgan fingerprint density at radius 2 is 1.44 bits per heavy atom. The second kappa shape index (κ2) is 9.99. The Hall–Kier alpha value is -1.31. The largest absolute Gasteiger partial charge is 0.352 e. The van der Waals surface area contributed by atoms with E-state index >= 15 is 0 Å². The predicted octanol–water partition coefficient (Wildman–Crippen LogP) is 5.90. The molecule has 0 atom stereocenters. The van der Waals surface area contributed by atoms with Crippen LogP contribution in [0.2, 0.25) is 0 Å². The fourth-order valence-electron chi connectivity index (χ4n) is 4.68. The molecular formula is C23H35NO. The SMILES string of the molecule is O=C(NCCC1CCCC1)c1ccc(CCCC2CCCCC2)cc1. The maximum atomic E-state index is 12.2. The highest BCUT2D eigenvalue weighted by Crippen LogP contribution is 2.28. The molecule has 2 heteroatoms. The van der Waals surface area contributed by atoms with Crippen molar-refractivity contribution in [3.63, 3.8) is 0 Å². The van der Waals surface area contributed by atoms with Gasteiger partial charge in [-0.05, 0) is 48.8 Å². The summed E-state index contributed by atoms with van der Waals surface area (Å²) in [5.41, 5.74) is 2.18. The Bertz CT molecular complexity index is 509. The van der Waals surface area contributed by atoms with Crippen molar-refractivity contribution in [1.82, 2.24) is 5.32 Å². The van der Waals surface area contributed by atoms with Crippen LogP contribution in [0.1, 0.15) is 93.0 Å². The summed E-state index contributed by atoms with van der Waals surface area (Å²) >= 11 is 0. The molecule has 2 aliphatic rings. The minimum atomic E-state index is 0.0896. The van der Waals surface area contributed by atoms with Gasteiger partial charge >= 0.3 is 0 Å². The van der Waals surface area contributed by atoms with Gasteiger partial charge in [-0.2, -0.15) is 0 Å². The number of hydrogen-bond acceptors (Lipinski definition) is 1. The van der Waals surface area contributed by atoms with Crippen molar-refractivity contribution >= 4 is 5.91 Å². The minimum Gasteiger partial charge on any atom is -0.352 e. The van der Waals surface area contributed by atoms with Gasteiger partial charge in [0.2, 0.25) is 0 Å². The highest BCUT2D eigenvalue weighted by Gasteiger charge is 2.15. The van der Waals surface area contributed by atoms with Crippen LogP contribution in [-0.4, -0.2) is 12.5 Å². The van der Waals surface area contributed by atoms with Crippen molar-refractivity contribution in [2.45, 2.75) is 83.5 Å². The van der Waals surface area contributed by atoms with Crippen molar-refractivity contribution in [2.75, 3.05) is 6.54 Å². The summed E-state index contributed by atoms with van der Waals surface area (Å²) in [6.07, 6.45) is 17.6. The molecule has 25 heavy (non-hydrogen) atoms. The van der Waals surface area contributed by atoms with Gasteiger partial charge in [0, 0.05) is 12.1 Å². The topological polar surface area (TPSA) is 29.1 Å². The summed E-state index contributed by atoms with van der Waals surface area (Å²) in [6.45, 7) is 0.826. The van der Waals surface area contributed by atoms with Crippen LogP contribution in [0.5, 0.6) is 0 Å². The van der Waals surface area contributed by atoms with Crippen molar-refractivity contribution in [2.24, 2.45) is 11.8 Å². The van der Waals surface area contributed by atoms with Crippen molar-refractivity contribution in [1.29, 1.82) is 0 Å². The van der Waals surface area contributed by atoms with E-state index in [-0.39, 0.29) is 5.91 Å². The molecule has 0 saturated heterocycles. The van der Waals surface area contributed by atoms with Gasteiger partial charge in [0.15, 0.2) is 0 Å². The zero-order valence-corrected chi connectivity index (χ0v) is 15.8. The third-order valence-corrected chi connectivity index (χ3v) is 6.33. The lowest BCUT2D eigenvalue weighted by molar-refractivity contribution is 0.0951. The monoisotopic (exact) mass is 341 g/mol. The van der Waals surface area contributed by atoms with Gasteiger partial charge in [0.05, 0.1) is 0 Å². The molecule has 0 radical (unpaired) electrons. The Morgan fingerprint density at radius 1 is 0.840 bits per heavy atom. The Morgan fingerprint density at radius 3 is 2.12 bits per heavy atom. The number of rotatable bonds is 8. The molecule has 0 spiro atoms. The van der Waals surface area contributed by atoms with Crippen molar-refractivity contribution in [3.8, 4) is 0 Å². The van der Waals surface area contributed by atoms with E-state index < -0.39 is 0 Å². The first-order valence-electron chi connectivity index (χ1n) is 10.7. The zero-order chi connectivity index (χ0) is 17.3. The van der Waals surface area contributed by atoms with E-state index in [9.17, 15) is 4.79 Å². The second-order valence-electron chi connectivity index (χ2n) is 8.29. The average Bonchev–Trinajstić information content (AvgIpc) is 3.16. The number of carbonyl (C=O) groups is 1. The fraction of sp³-hybridized carbons (Fsp3) is 0.696. The number of hydrogen-bond donors (Lipinski definition) is 1. The predicted molar refractivity (Wildman–Crippen MR) is 105 cm³/mol. The smallest absolute Gasteiger partial charge is 0.251 e. The number of carbonyl (C=O) groups excluding carboxylic acids is 1. The molecule has 138 valence electrons. The van der Waals surface area contributed by atoms with E-state index in [4.69, 9.17) is 0 Å². The molecule has 0 heterocycles. The first-order valence-corrected chi connectivity index (χ1v) is 10.7. The summed E-state index contributed by atoms with van der Waals surface area (Å²) in [6, 6.07) is 8.29. The van der Waals surface area contributed by atoms with Crippen LogP contribution in [-0.2, 0) is 6.42 Å². The lowest BCUT2D eigenvalue weighted by atomic mass is 9.85. The highest BCUT2D eigenvalue weighted by molar-refractivity contribution is 5.94. The molecule has 0 aromatic heterocycles. The summed E-state index contributed by atoms with van der Waals surface area (Å²) in [4.78, 5) is 12.2. The lowest BCUT2D eigenvalue weighted by Gasteiger charge is -2.21. The van der Waals surface area contributed by atoms with Crippen molar-refractivity contribution in [3.05, 3.63) is 35.4 Å². The normalized spacial score (nSPS) is 19.2. The molecule has 2 aliphatic carbocycles. The summed E-state index contributed by atoms with van der Waals surface area (Å²) in [7, 11) is 0. The maximum absolute atomic E-state index is 12.2. The molecule has 1 aromatic carbocycles. The third-order valence-electron chi connectivity index (χ3n) is 6.33. The minimum absolute atomic E-state index is 0.0896. The Labute approximate surface area is 153 Å². The van der Waals surface area contributed by atoms with Crippen LogP contribution >= 0.6 is 0 Å². The van der Waals surface area contributed by atoms with Gasteiger partial charge in [0.25, 0.3) is 5.91 Å². The van der Waals surface area contributed by atoms with E-state index in [1.54, 1.807) is 0 Å². The molecule has 3 rings (SSSR count). The van der Waals surface area contributed by atoms with Crippen LogP contribution < -0.4 is 5.32 Å². The molecule has 2 nitrogen and oxygen atoms in total. The van der Waals surface area contributed by atoms with E-state index in [1.807, 2.05) is 12.1 Å². The van der Waals surface area contributed by atoms with Gasteiger partial charge in [-0.3, -0.25) is 4.79 Å². The maximum Gasteiger partial charge on any atom is 0.251 e. The van der Waals surface area contributed by atoms with Gasteiger partial charge in [-0.1, -0.05) is 76.3 Å². The van der Waals surface area contributed by atoms with Crippen LogP contribution in [0, 0.1) is 11.8 Å². The van der Waals surface area contributed by atoms with Crippen LogP contribution in [0.15, 0.2) is 24.3 Å². The standard InChI is InChI=1S/C23H35NO/c25-23(24-18-17-20-9-4-5-10-20)22-15-13-21(14-16-22)12-6-11-19-7-2-1-3-8-19/h13-16,19-20H,1-12,17-18H2,(H,24,25). The molecule has 0 aliphatic heterocycles. The van der Waals surface area contributed by atoms with Gasteiger partial charge < -0.3 is 5.32 Å². The van der Waals surface area contributed by atoms with Crippen LogP contribution in [0.25, 0.3) is 0 Å². The highest BCUT2D eigenvalue weighted by atomic mass is 16.1. The van der Waals surface area contributed by atoms with E-state index in [0.29, 0.717) is 0 Å². The molecule has 1 aromatic rings. The van der Waals surface area contributed by atoms with E-state index in [0.717, 1.165) is 36.8 Å². The third kappa shape index (κ3) is 6.17. The molecule has 1 amide bonds. The van der Waals surface area contributed by atoms with Crippen molar-refractivity contribution < 1.29 is 4.79 Å². The van der Waals surface area contributed by atoms with Crippen LogP contribution in [0.4, 0.5) is 0 Å². The molecule has 1 N–H and O–H groups in total. The molecular weight excluding hydrogens is 306 g/mol. The van der Waals surface area contributed by atoms with E-state index in [1.165, 1.54) is 76.2 Å². The second-order valence-corrected chi connectivity index (χ2v) is 8.29. The fourth-order valence-corrected chi connectivity index (χ4v) is 4.68. The Balaban J connectivity index is 1.34.